The van der Waals surface area contributed by atoms with Gasteiger partial charge in [-0.3, -0.25) is 28.8 Å². The number of aliphatic hydroxyl groups is 2. The number of esters is 5. The zero-order valence-electron chi connectivity index (χ0n) is 53.8. The number of carbonyl (C=O) groups excluding carboxylic acids is 8. The summed E-state index contributed by atoms with van der Waals surface area (Å²) in [7, 11) is 1.34. The molecule has 2 saturated carbocycles. The number of phenols is 1. The van der Waals surface area contributed by atoms with Crippen LogP contribution in [-0.2, 0) is 52.4 Å². The summed E-state index contributed by atoms with van der Waals surface area (Å²) >= 11 is 0. The molecule has 4 aliphatic carbocycles. The van der Waals surface area contributed by atoms with Crippen LogP contribution >= 0.6 is 0 Å². The first-order valence-corrected chi connectivity index (χ1v) is 30.9. The van der Waals surface area contributed by atoms with E-state index in [1.165, 1.54) is 78.1 Å². The van der Waals surface area contributed by atoms with Crippen molar-refractivity contribution in [1.29, 1.82) is 0 Å². The Morgan fingerprint density at radius 1 is 0.724 bits per heavy atom. The number of phenolic OH excluding ortho intramolecular Hbond substituents is 1. The number of hydrogen-bond acceptors (Lipinski definition) is 21. The second-order valence-electron chi connectivity index (χ2n) is 25.4. The van der Waals surface area contributed by atoms with Crippen LogP contribution in [-0.4, -0.2) is 141 Å². The molecule has 3 fully saturated rings. The quantitative estimate of drug-likeness (QED) is 0.0220. The highest BCUT2D eigenvalue weighted by molar-refractivity contribution is 6.09. The van der Waals surface area contributed by atoms with E-state index in [2.05, 4.69) is 10.6 Å². The van der Waals surface area contributed by atoms with Crippen molar-refractivity contribution in [2.75, 3.05) is 13.7 Å². The van der Waals surface area contributed by atoms with E-state index in [9.17, 15) is 58.8 Å². The number of rotatable bonds is 17. The largest absolute Gasteiger partial charge is 0.505 e. The van der Waals surface area contributed by atoms with Crippen LogP contribution in [0.2, 0.25) is 0 Å². The van der Waals surface area contributed by atoms with Crippen LogP contribution in [0.3, 0.4) is 0 Å². The van der Waals surface area contributed by atoms with Crippen molar-refractivity contribution in [3.8, 4) is 33.9 Å². The molecule has 12 atom stereocenters. The van der Waals surface area contributed by atoms with E-state index in [1.807, 2.05) is 0 Å². The Morgan fingerprint density at radius 2 is 1.40 bits per heavy atom. The molecule has 2 bridgehead atoms. The van der Waals surface area contributed by atoms with Gasteiger partial charge in [0.1, 0.15) is 53.2 Å². The van der Waals surface area contributed by atoms with Gasteiger partial charge in [-0.15, -0.1) is 0 Å². The number of nitrogens with one attached hydrogen (secondary N) is 2. The first-order chi connectivity index (χ1) is 46.3. The van der Waals surface area contributed by atoms with Crippen molar-refractivity contribution in [2.24, 2.45) is 16.7 Å². The fourth-order valence-electron chi connectivity index (χ4n) is 14.4. The van der Waals surface area contributed by atoms with E-state index in [1.54, 1.807) is 48.5 Å². The summed E-state index contributed by atoms with van der Waals surface area (Å²) in [5.74, 6) is -15.7. The SMILES string of the molecule is COc1cccc(C(=O)O[C@H]2[C@@H]3[C@]4(OC(C)=O)CO[C@@H]4C[C@H](OC(=O)[C@H](C)NC(=O)c4ccc(-c5c6cc(F)c(=O)cc-6oc6cc(O)c(F)cc56)c(C(=O)O)c4)[C@@]3(C)C(=O)[C@H](OC(C)=O)C3=C(C)[C@@H](OC(=O)[C@H](O)[C@@H](NC(=O)c4ccccc4)c4ccccc4)C[C@]2(O)C3(C)C)c1. The van der Waals surface area contributed by atoms with Gasteiger partial charge in [0.2, 0.25) is 5.43 Å². The topological polar surface area (TPSA) is 353 Å². The number of aromatic carboxylic acids is 1. The number of aromatic hydroxyl groups is 1. The maximum atomic E-state index is 16.7. The van der Waals surface area contributed by atoms with Crippen LogP contribution in [0.25, 0.3) is 33.4 Å². The third kappa shape index (κ3) is 11.9. The lowest BCUT2D eigenvalue weighted by Gasteiger charge is -2.67. The number of halogens is 2. The molecule has 6 N–H and O–H groups in total. The smallest absolute Gasteiger partial charge is 0.338 e. The minimum Gasteiger partial charge on any atom is -0.505 e. The molecule has 11 rings (SSSR count). The summed E-state index contributed by atoms with van der Waals surface area (Å²) in [5, 5.41) is 52.3. The number of aliphatic hydroxyl groups excluding tert-OH is 1. The molecule has 6 aliphatic rings. The molecule has 0 spiro atoms. The Balaban J connectivity index is 0.997. The van der Waals surface area contributed by atoms with Crippen LogP contribution in [0.5, 0.6) is 11.5 Å². The van der Waals surface area contributed by atoms with Gasteiger partial charge in [0.05, 0.1) is 42.2 Å². The third-order valence-corrected chi connectivity index (χ3v) is 19.3. The molecule has 5 aromatic rings. The fraction of sp³-hybridized carbons (Fsp3) is 0.333. The first kappa shape index (κ1) is 68.7. The van der Waals surface area contributed by atoms with E-state index < -0.39 is 183 Å². The van der Waals surface area contributed by atoms with Gasteiger partial charge in [0.15, 0.2) is 41.0 Å². The molecule has 5 aromatic carbocycles. The highest BCUT2D eigenvalue weighted by Crippen LogP contribution is 2.65. The Bertz CT molecular complexity index is 4520. The van der Waals surface area contributed by atoms with Gasteiger partial charge in [0.25, 0.3) is 11.8 Å². The Morgan fingerprint density at radius 3 is 2.04 bits per heavy atom. The number of methoxy groups -OCH3 is 1. The van der Waals surface area contributed by atoms with Gasteiger partial charge in [-0.05, 0) is 97.6 Å². The molecule has 1 saturated heterocycles. The van der Waals surface area contributed by atoms with Gasteiger partial charge in [-0.2, -0.15) is 0 Å². The molecule has 26 heteroatoms. The summed E-state index contributed by atoms with van der Waals surface area (Å²) in [6, 6.07) is 24.7. The van der Waals surface area contributed by atoms with Crippen LogP contribution in [0.15, 0.2) is 148 Å². The van der Waals surface area contributed by atoms with Crippen LogP contribution in [0, 0.1) is 28.4 Å². The van der Waals surface area contributed by atoms with Crippen LogP contribution < -0.4 is 20.8 Å². The highest BCUT2D eigenvalue weighted by Gasteiger charge is 2.79. The Hall–Kier alpha value is -10.7. The Labute approximate surface area is 556 Å². The normalized spacial score (nSPS) is 24.7. The zero-order chi connectivity index (χ0) is 70.8. The molecule has 2 heterocycles. The molecular weight excluding hydrogens is 1280 g/mol. The highest BCUT2D eigenvalue weighted by atomic mass is 19.1. The summed E-state index contributed by atoms with van der Waals surface area (Å²) in [5.41, 5.74) is -12.1. The van der Waals surface area contributed by atoms with E-state index in [0.717, 1.165) is 56.3 Å². The van der Waals surface area contributed by atoms with Crippen LogP contribution in [0.4, 0.5) is 8.78 Å². The summed E-state index contributed by atoms with van der Waals surface area (Å²) in [6.45, 7) is 8.24. The number of amides is 2. The van der Waals surface area contributed by atoms with E-state index >= 15 is 18.4 Å². The van der Waals surface area contributed by atoms with E-state index in [0.29, 0.717) is 0 Å². The molecule has 2 amide bonds. The molecule has 0 aromatic heterocycles. The van der Waals surface area contributed by atoms with Gasteiger partial charge in [-0.1, -0.05) is 74.5 Å². The number of ether oxygens (including phenoxy) is 7. The van der Waals surface area contributed by atoms with Gasteiger partial charge >= 0.3 is 35.8 Å². The number of fused-ring (bicyclic) bond motifs is 7. The lowest BCUT2D eigenvalue weighted by Crippen LogP contribution is -2.82. The van der Waals surface area contributed by atoms with Crippen molar-refractivity contribution in [3.63, 3.8) is 0 Å². The summed E-state index contributed by atoms with van der Waals surface area (Å²) in [4.78, 5) is 143. The number of ketones is 1. The Kier molecular flexibility index (Phi) is 18.2. The number of carbonyl (C=O) groups is 9. The average molecular weight is 1350 g/mol. The first-order valence-electron chi connectivity index (χ1n) is 30.9. The summed E-state index contributed by atoms with van der Waals surface area (Å²) < 4.78 is 78.9. The van der Waals surface area contributed by atoms with Crippen molar-refractivity contribution in [3.05, 3.63) is 188 Å². The molecular formula is C72H66F2N2O22. The molecule has 0 unspecified atom stereocenters. The predicted molar refractivity (Wildman–Crippen MR) is 338 cm³/mol. The van der Waals surface area contributed by atoms with Crippen molar-refractivity contribution >= 4 is 64.4 Å². The van der Waals surface area contributed by atoms with Crippen LogP contribution in [0.1, 0.15) is 114 Å². The van der Waals surface area contributed by atoms with Gasteiger partial charge in [-0.25, -0.2) is 28.0 Å². The maximum Gasteiger partial charge on any atom is 0.338 e. The predicted octanol–water partition coefficient (Wildman–Crippen LogP) is 7.67. The standard InChI is InChI=1S/C72H66F2N2O22/c1-33-52(95-68(89)58(81)57(37-16-11-9-12-17-37)76-63(83)38-18-13-10-14-19-38)31-72(90)62(97-67(88)40-20-15-21-41(24-40)91-8)60-70(7,61(82)59(93-35(3)77)56(33)69(72,5)6)53(30-54-71(60,32-92-54)98-36(4)78)96-66(87)34(2)75-64(84)39-22-23-42(43(25-39)65(85)86)55-44-26-46(73)48(79)28-50(44)94-51-29-49(80)47(74)27-45(51)55/h9-29,34,52-54,57-60,62,79,81,90H,30-32H2,1-8H3,(H,75,84)(H,76,83)(H,85,86)/t34-,52-,53-,54+,57-,58+,59+,60-,62-,70+,71-,72+/m0/s1. The van der Waals surface area contributed by atoms with Crippen molar-refractivity contribution < 1.29 is 110 Å². The minimum atomic E-state index is -2.70. The maximum absolute atomic E-state index is 16.7. The molecule has 510 valence electrons. The second-order valence-corrected chi connectivity index (χ2v) is 25.4. The number of Topliss-reactive ketones (excluding diaryl/α,β-unsaturated/α-hetero) is 1. The van der Waals surface area contributed by atoms with Gasteiger partial charge < -0.3 is 68.6 Å². The summed E-state index contributed by atoms with van der Waals surface area (Å²) in [6.07, 6.45) is -12.7. The average Bonchev–Trinajstić information content (AvgIpc) is 0.665. The van der Waals surface area contributed by atoms with Crippen molar-refractivity contribution in [2.45, 2.75) is 121 Å². The van der Waals surface area contributed by atoms with Gasteiger partial charge in [0, 0.05) is 71.9 Å². The lowest BCUT2D eigenvalue weighted by atomic mass is 9.44. The second kappa shape index (κ2) is 26.0. The zero-order valence-corrected chi connectivity index (χ0v) is 53.8. The molecule has 24 nitrogen and oxygen atoms in total. The molecule has 2 aliphatic heterocycles. The monoisotopic (exact) mass is 1350 g/mol. The number of hydrogen-bond donors (Lipinski definition) is 6. The fourth-order valence-corrected chi connectivity index (χ4v) is 14.4. The lowest BCUT2D eigenvalue weighted by molar-refractivity contribution is -0.346. The molecule has 0 radical (unpaired) electrons. The van der Waals surface area contributed by atoms with E-state index in [-0.39, 0.29) is 67.0 Å². The third-order valence-electron chi connectivity index (χ3n) is 19.3. The van der Waals surface area contributed by atoms with Crippen molar-refractivity contribution in [1.82, 2.24) is 10.6 Å². The number of carboxylic acid groups (broad SMARTS) is 1. The number of benzene rings is 6. The molecule has 98 heavy (non-hydrogen) atoms. The van der Waals surface area contributed by atoms with E-state index in [4.69, 9.17) is 37.6 Å². The number of carboxylic acids is 1. The minimum absolute atomic E-state index is 0.00874.